The Morgan fingerprint density at radius 3 is 2.28 bits per heavy atom. The Morgan fingerprint density at radius 1 is 0.889 bits per heavy atom. The number of thioether (sulfide) groups is 1. The normalized spacial score (nSPS) is 31.2. The molecule has 2 aliphatic rings. The van der Waals surface area contributed by atoms with E-state index >= 15 is 0 Å². The van der Waals surface area contributed by atoms with Gasteiger partial charge in [0, 0.05) is 16.5 Å². The van der Waals surface area contributed by atoms with Crippen LogP contribution in [0, 0.1) is 0 Å². The number of hydrogen-bond acceptors (Lipinski definition) is 2. The van der Waals surface area contributed by atoms with Crippen molar-refractivity contribution >= 4 is 11.8 Å². The molecule has 0 bridgehead atoms. The Kier molecular flexibility index (Phi) is 6.93. The summed E-state index contributed by atoms with van der Waals surface area (Å²) in [6, 6.07) is 0.802. The molecule has 2 atom stereocenters. The van der Waals surface area contributed by atoms with E-state index in [-0.39, 0.29) is 0 Å². The highest BCUT2D eigenvalue weighted by Gasteiger charge is 2.27. The van der Waals surface area contributed by atoms with E-state index in [4.69, 9.17) is 0 Å². The summed E-state index contributed by atoms with van der Waals surface area (Å²) in [6.45, 7) is 3.50. The third-order valence-electron chi connectivity index (χ3n) is 4.53. The van der Waals surface area contributed by atoms with Crippen molar-refractivity contribution in [3.05, 3.63) is 0 Å². The lowest BCUT2D eigenvalue weighted by atomic mass is 9.96. The molecule has 2 heteroatoms. The van der Waals surface area contributed by atoms with Gasteiger partial charge in [0.2, 0.25) is 0 Å². The van der Waals surface area contributed by atoms with Gasteiger partial charge in [0.25, 0.3) is 0 Å². The molecule has 2 rings (SSSR count). The van der Waals surface area contributed by atoms with Gasteiger partial charge in [-0.25, -0.2) is 0 Å². The second-order valence-electron chi connectivity index (χ2n) is 6.13. The summed E-state index contributed by atoms with van der Waals surface area (Å²) < 4.78 is 0. The zero-order valence-electron chi connectivity index (χ0n) is 12.1. The van der Waals surface area contributed by atoms with Crippen molar-refractivity contribution in [1.29, 1.82) is 0 Å². The Bertz CT molecular complexity index is 211. The third-order valence-corrected chi connectivity index (χ3v) is 6.30. The van der Waals surface area contributed by atoms with Crippen molar-refractivity contribution < 1.29 is 0 Å². The van der Waals surface area contributed by atoms with E-state index in [2.05, 4.69) is 24.0 Å². The highest BCUT2D eigenvalue weighted by atomic mass is 32.2. The quantitative estimate of drug-likeness (QED) is 0.773. The lowest BCUT2D eigenvalue weighted by molar-refractivity contribution is 0.399. The molecule has 0 aromatic carbocycles. The van der Waals surface area contributed by atoms with Gasteiger partial charge in [-0.2, -0.15) is 11.8 Å². The van der Waals surface area contributed by atoms with Crippen LogP contribution in [0.5, 0.6) is 0 Å². The van der Waals surface area contributed by atoms with Gasteiger partial charge in [-0.05, 0) is 38.6 Å². The van der Waals surface area contributed by atoms with E-state index in [1.54, 1.807) is 0 Å². The monoisotopic (exact) mass is 269 g/mol. The molecular weight excluding hydrogens is 238 g/mol. The first kappa shape index (κ1) is 14.7. The average Bonchev–Trinajstić information content (AvgIpc) is 2.85. The Morgan fingerprint density at radius 2 is 1.56 bits per heavy atom. The van der Waals surface area contributed by atoms with E-state index in [0.29, 0.717) is 0 Å². The second-order valence-corrected chi connectivity index (χ2v) is 7.68. The summed E-state index contributed by atoms with van der Waals surface area (Å²) >= 11 is 2.35. The number of nitrogens with one attached hydrogen (secondary N) is 1. The van der Waals surface area contributed by atoms with Gasteiger partial charge in [0.15, 0.2) is 0 Å². The predicted octanol–water partition coefficient (Wildman–Crippen LogP) is 4.75. The maximum atomic E-state index is 3.84. The summed E-state index contributed by atoms with van der Waals surface area (Å²) in [6.07, 6.45) is 16.0. The Hall–Kier alpha value is 0.310. The van der Waals surface area contributed by atoms with Gasteiger partial charge in [0.1, 0.15) is 0 Å². The molecule has 1 nitrogen and oxygen atoms in total. The fourth-order valence-electron chi connectivity index (χ4n) is 3.45. The first-order valence-electron chi connectivity index (χ1n) is 8.29. The molecule has 106 valence electrons. The molecule has 0 spiro atoms. The van der Waals surface area contributed by atoms with Crippen molar-refractivity contribution in [3.63, 3.8) is 0 Å². The molecule has 0 heterocycles. The van der Waals surface area contributed by atoms with Gasteiger partial charge in [-0.15, -0.1) is 0 Å². The summed E-state index contributed by atoms with van der Waals surface area (Å²) in [5.74, 6) is 0. The minimum absolute atomic E-state index is 0.802. The van der Waals surface area contributed by atoms with Crippen LogP contribution in [-0.2, 0) is 0 Å². The molecule has 1 N–H and O–H groups in total. The molecule has 0 aliphatic heterocycles. The fraction of sp³-hybridized carbons (Fsp3) is 1.00. The second kappa shape index (κ2) is 8.47. The van der Waals surface area contributed by atoms with E-state index in [0.717, 1.165) is 16.5 Å². The summed E-state index contributed by atoms with van der Waals surface area (Å²) in [4.78, 5) is 0. The van der Waals surface area contributed by atoms with Crippen LogP contribution in [0.2, 0.25) is 0 Å². The topological polar surface area (TPSA) is 12.0 Å². The van der Waals surface area contributed by atoms with Crippen molar-refractivity contribution in [1.82, 2.24) is 5.32 Å². The van der Waals surface area contributed by atoms with Crippen molar-refractivity contribution in [2.75, 3.05) is 6.54 Å². The van der Waals surface area contributed by atoms with E-state index in [1.807, 2.05) is 0 Å². The molecule has 2 unspecified atom stereocenters. The maximum absolute atomic E-state index is 3.84. The van der Waals surface area contributed by atoms with Gasteiger partial charge in [0.05, 0.1) is 0 Å². The molecule has 0 aromatic rings. The first-order valence-corrected chi connectivity index (χ1v) is 9.23. The summed E-state index contributed by atoms with van der Waals surface area (Å²) in [7, 11) is 0. The Labute approximate surface area is 118 Å². The van der Waals surface area contributed by atoms with Gasteiger partial charge in [-0.3, -0.25) is 0 Å². The van der Waals surface area contributed by atoms with Crippen LogP contribution in [-0.4, -0.2) is 23.1 Å². The van der Waals surface area contributed by atoms with Crippen LogP contribution < -0.4 is 5.32 Å². The van der Waals surface area contributed by atoms with Crippen LogP contribution in [0.1, 0.15) is 77.6 Å². The number of hydrogen-bond donors (Lipinski definition) is 1. The van der Waals surface area contributed by atoms with E-state index in [1.165, 1.54) is 77.2 Å². The van der Waals surface area contributed by atoms with Crippen LogP contribution in [0.3, 0.4) is 0 Å². The zero-order valence-corrected chi connectivity index (χ0v) is 12.9. The minimum Gasteiger partial charge on any atom is -0.313 e. The van der Waals surface area contributed by atoms with Gasteiger partial charge >= 0.3 is 0 Å². The van der Waals surface area contributed by atoms with Crippen LogP contribution in [0.15, 0.2) is 0 Å². The molecule has 2 fully saturated rings. The minimum atomic E-state index is 0.802. The van der Waals surface area contributed by atoms with E-state index in [9.17, 15) is 0 Å². The fourth-order valence-corrected chi connectivity index (χ4v) is 5.27. The molecule has 0 radical (unpaired) electrons. The molecule has 0 aromatic heterocycles. The smallest absolute Gasteiger partial charge is 0.0203 e. The third kappa shape index (κ3) is 4.77. The largest absolute Gasteiger partial charge is 0.313 e. The standard InChI is InChI=1S/C16H31NS/c1-2-13-17-15-11-5-3-4-6-12-16(15)18-14-9-7-8-10-14/h14-17H,2-13H2,1H3. The predicted molar refractivity (Wildman–Crippen MR) is 83.4 cm³/mol. The molecule has 2 aliphatic carbocycles. The first-order chi connectivity index (χ1) is 8.90. The van der Waals surface area contributed by atoms with Crippen LogP contribution in [0.25, 0.3) is 0 Å². The molecular formula is C16H31NS. The SMILES string of the molecule is CCCNC1CCCCCCC1SC1CCCC1. The summed E-state index contributed by atoms with van der Waals surface area (Å²) in [5.41, 5.74) is 0. The highest BCUT2D eigenvalue weighted by Crippen LogP contribution is 2.37. The number of rotatable bonds is 5. The summed E-state index contributed by atoms with van der Waals surface area (Å²) in [5, 5.41) is 5.73. The van der Waals surface area contributed by atoms with Crippen LogP contribution >= 0.6 is 11.8 Å². The van der Waals surface area contributed by atoms with Crippen molar-refractivity contribution in [3.8, 4) is 0 Å². The average molecular weight is 269 g/mol. The highest BCUT2D eigenvalue weighted by molar-refractivity contribution is 8.00. The molecule has 0 amide bonds. The lowest BCUT2D eigenvalue weighted by Gasteiger charge is -2.31. The molecule has 2 saturated carbocycles. The lowest BCUT2D eigenvalue weighted by Crippen LogP contribution is -2.40. The maximum Gasteiger partial charge on any atom is 0.0203 e. The van der Waals surface area contributed by atoms with Crippen LogP contribution in [0.4, 0.5) is 0 Å². The molecule has 18 heavy (non-hydrogen) atoms. The zero-order chi connectivity index (χ0) is 12.6. The van der Waals surface area contributed by atoms with E-state index < -0.39 is 0 Å². The van der Waals surface area contributed by atoms with Crippen molar-refractivity contribution in [2.45, 2.75) is 94.1 Å². The van der Waals surface area contributed by atoms with Gasteiger partial charge < -0.3 is 5.32 Å². The Balaban J connectivity index is 1.85. The van der Waals surface area contributed by atoms with Crippen molar-refractivity contribution in [2.24, 2.45) is 0 Å². The van der Waals surface area contributed by atoms with Gasteiger partial charge in [-0.1, -0.05) is 45.4 Å². The molecule has 0 saturated heterocycles.